The second-order valence-electron chi connectivity index (χ2n) is 15.5. The molecule has 1 aliphatic carbocycles. The van der Waals surface area contributed by atoms with E-state index in [4.69, 9.17) is 18.5 Å². The van der Waals surface area contributed by atoms with Gasteiger partial charge in [0.15, 0.2) is 6.10 Å². The highest BCUT2D eigenvalue weighted by Gasteiger charge is 2.51. The Balaban J connectivity index is 2.50. The molecule has 8 atom stereocenters. The van der Waals surface area contributed by atoms with Gasteiger partial charge in [0.1, 0.15) is 43.2 Å². The van der Waals surface area contributed by atoms with Crippen molar-refractivity contribution in [1.29, 1.82) is 0 Å². The van der Waals surface area contributed by atoms with Gasteiger partial charge in [-0.05, 0) is 64.2 Å². The average molecular weight is 847 g/mol. The van der Waals surface area contributed by atoms with Crippen molar-refractivity contribution < 1.29 is 63.1 Å². The van der Waals surface area contributed by atoms with Gasteiger partial charge in [0.25, 0.3) is 0 Å². The van der Waals surface area contributed by atoms with Crippen LogP contribution in [-0.4, -0.2) is 98.3 Å². The van der Waals surface area contributed by atoms with Crippen molar-refractivity contribution in [3.05, 3.63) is 36.5 Å². The molecule has 0 spiro atoms. The number of esters is 2. The molecule has 1 rings (SSSR count). The summed E-state index contributed by atoms with van der Waals surface area (Å²) in [7, 11) is -5.12. The Hall–Kier alpha value is -1.93. The zero-order valence-electron chi connectivity index (χ0n) is 35.6. The minimum atomic E-state index is -5.12. The van der Waals surface area contributed by atoms with E-state index in [1.54, 1.807) is 0 Å². The molecule has 0 aliphatic heterocycles. The Morgan fingerprint density at radius 1 is 0.534 bits per heavy atom. The third kappa shape index (κ3) is 27.0. The summed E-state index contributed by atoms with van der Waals surface area (Å²) in [6.07, 6.45) is 24.9. The minimum Gasteiger partial charge on any atom is -0.462 e. The number of phosphoric acid groups is 1. The Kier molecular flexibility index (Phi) is 32.4. The molecular formula is C44H79O13P. The highest BCUT2D eigenvalue weighted by atomic mass is 31.2. The van der Waals surface area contributed by atoms with Crippen LogP contribution < -0.4 is 0 Å². The predicted octanol–water partition coefficient (Wildman–Crippen LogP) is 8.22. The molecule has 338 valence electrons. The predicted molar refractivity (Wildman–Crippen MR) is 226 cm³/mol. The van der Waals surface area contributed by atoms with E-state index in [1.807, 2.05) is 0 Å². The number of hydrogen-bond acceptors (Lipinski definition) is 12. The van der Waals surface area contributed by atoms with Gasteiger partial charge < -0.3 is 39.9 Å². The summed E-state index contributed by atoms with van der Waals surface area (Å²) < 4.78 is 33.4. The number of unbranched alkanes of at least 4 members (excludes halogenated alkanes) is 18. The molecule has 0 radical (unpaired) electrons. The molecule has 13 nitrogen and oxygen atoms in total. The Labute approximate surface area is 348 Å². The van der Waals surface area contributed by atoms with Crippen LogP contribution in [0.4, 0.5) is 0 Å². The summed E-state index contributed by atoms with van der Waals surface area (Å²) in [5.74, 6) is -1.13. The lowest BCUT2D eigenvalue weighted by Gasteiger charge is -2.41. The van der Waals surface area contributed by atoms with Crippen LogP contribution in [-0.2, 0) is 32.7 Å². The summed E-state index contributed by atoms with van der Waals surface area (Å²) in [6, 6.07) is 0. The molecule has 0 amide bonds. The lowest BCUT2D eigenvalue weighted by atomic mass is 9.85. The van der Waals surface area contributed by atoms with Crippen LogP contribution in [0.5, 0.6) is 0 Å². The molecule has 1 saturated carbocycles. The van der Waals surface area contributed by atoms with Gasteiger partial charge in [-0.25, -0.2) is 4.57 Å². The molecular weight excluding hydrogens is 767 g/mol. The topological polar surface area (TPSA) is 210 Å². The maximum atomic E-state index is 12.8. The number of ether oxygens (including phenoxy) is 2. The average Bonchev–Trinajstić information content (AvgIpc) is 3.20. The molecule has 0 bridgehead atoms. The highest BCUT2D eigenvalue weighted by Crippen LogP contribution is 2.47. The van der Waals surface area contributed by atoms with Crippen molar-refractivity contribution in [1.82, 2.24) is 0 Å². The van der Waals surface area contributed by atoms with Gasteiger partial charge in [0.2, 0.25) is 0 Å². The third-order valence-corrected chi connectivity index (χ3v) is 11.2. The van der Waals surface area contributed by atoms with E-state index in [-0.39, 0.29) is 12.8 Å². The Morgan fingerprint density at radius 3 is 1.48 bits per heavy atom. The number of aliphatic hydroxyl groups excluding tert-OH is 5. The highest BCUT2D eigenvalue weighted by molar-refractivity contribution is 7.47. The lowest BCUT2D eigenvalue weighted by molar-refractivity contribution is -0.220. The molecule has 0 aromatic rings. The molecule has 1 aliphatic rings. The van der Waals surface area contributed by atoms with Gasteiger partial charge in [0, 0.05) is 12.8 Å². The fraction of sp³-hybridized carbons (Fsp3) is 0.818. The van der Waals surface area contributed by atoms with Gasteiger partial charge in [-0.1, -0.05) is 134 Å². The van der Waals surface area contributed by atoms with Crippen LogP contribution in [0, 0.1) is 0 Å². The van der Waals surface area contributed by atoms with E-state index in [0.717, 1.165) is 70.6 Å². The first kappa shape index (κ1) is 54.1. The number of carbonyl (C=O) groups excluding carboxylic acids is 2. The fourth-order valence-electron chi connectivity index (χ4n) is 6.53. The summed E-state index contributed by atoms with van der Waals surface area (Å²) in [6.45, 7) is 3.22. The maximum Gasteiger partial charge on any atom is 0.472 e. The SMILES string of the molecule is CCCC/C=C/C/C=C/CCCCCCCC(=O)OC[C@H](COP(=O)(O)OC1C(O)C(O)C(O)[C@H](O)C1O)OC(=O)CCCCC/C=C/CCCCCCCCCC. The number of rotatable bonds is 36. The van der Waals surface area contributed by atoms with Crippen LogP contribution in [0.2, 0.25) is 0 Å². The van der Waals surface area contributed by atoms with E-state index < -0.39 is 75.7 Å². The standard InChI is InChI=1S/C44H79O13P/c1-3-5-7-9-11-13-15-17-19-21-23-25-27-29-31-33-38(46)56-36(35-55-58(52,53)57-44-42(50)40(48)39(47)41(49)43(44)51)34-54-37(45)32-30-28-26-24-22-20-18-16-14-12-10-8-6-4-2/h10,12,16,18,21,23,36,39-44,47-51H,3-9,11,13-15,17,19-20,22,24-35H2,1-2H3,(H,52,53)/b12-10+,18-16+,23-21+/t36-,39?,40+,41?,42?,43?,44?/m1/s1. The summed E-state index contributed by atoms with van der Waals surface area (Å²) in [5.41, 5.74) is 0. The minimum absolute atomic E-state index is 0.0736. The molecule has 1 fully saturated rings. The lowest BCUT2D eigenvalue weighted by Crippen LogP contribution is -2.64. The van der Waals surface area contributed by atoms with E-state index >= 15 is 0 Å². The second kappa shape index (κ2) is 34.7. The second-order valence-corrected chi connectivity index (χ2v) is 16.9. The van der Waals surface area contributed by atoms with Gasteiger partial charge >= 0.3 is 19.8 Å². The van der Waals surface area contributed by atoms with Crippen molar-refractivity contribution >= 4 is 19.8 Å². The fourth-order valence-corrected chi connectivity index (χ4v) is 7.51. The van der Waals surface area contributed by atoms with E-state index in [9.17, 15) is 44.6 Å². The van der Waals surface area contributed by atoms with Crippen LogP contribution in [0.1, 0.15) is 174 Å². The number of hydrogen-bond donors (Lipinski definition) is 6. The van der Waals surface area contributed by atoms with Gasteiger partial charge in [-0.15, -0.1) is 0 Å². The smallest absolute Gasteiger partial charge is 0.462 e. The summed E-state index contributed by atoms with van der Waals surface area (Å²) in [4.78, 5) is 35.6. The van der Waals surface area contributed by atoms with Crippen molar-refractivity contribution in [2.45, 2.75) is 217 Å². The molecule has 0 heterocycles. The normalized spacial score (nSPS) is 22.8. The zero-order valence-corrected chi connectivity index (χ0v) is 36.5. The summed E-state index contributed by atoms with van der Waals surface area (Å²) >= 11 is 0. The van der Waals surface area contributed by atoms with Crippen LogP contribution in [0.3, 0.4) is 0 Å². The van der Waals surface area contributed by atoms with Gasteiger partial charge in [0.05, 0.1) is 6.61 Å². The molecule has 6 unspecified atom stereocenters. The largest absolute Gasteiger partial charge is 0.472 e. The van der Waals surface area contributed by atoms with Crippen molar-refractivity contribution in [3.63, 3.8) is 0 Å². The Bertz CT molecular complexity index is 1160. The number of carbonyl (C=O) groups is 2. The summed E-state index contributed by atoms with van der Waals surface area (Å²) in [5, 5.41) is 50.1. The van der Waals surface area contributed by atoms with E-state index in [0.29, 0.717) is 12.8 Å². The molecule has 14 heteroatoms. The van der Waals surface area contributed by atoms with Gasteiger partial charge in [-0.2, -0.15) is 0 Å². The van der Waals surface area contributed by atoms with Gasteiger partial charge in [-0.3, -0.25) is 18.6 Å². The quantitative estimate of drug-likeness (QED) is 0.0152. The molecule has 0 saturated heterocycles. The van der Waals surface area contributed by atoms with Crippen molar-refractivity contribution in [2.75, 3.05) is 13.2 Å². The van der Waals surface area contributed by atoms with Crippen LogP contribution >= 0.6 is 7.82 Å². The molecule has 6 N–H and O–H groups in total. The first-order valence-corrected chi connectivity index (χ1v) is 23.8. The van der Waals surface area contributed by atoms with Crippen molar-refractivity contribution in [3.8, 4) is 0 Å². The Morgan fingerprint density at radius 2 is 0.948 bits per heavy atom. The van der Waals surface area contributed by atoms with Crippen LogP contribution in [0.15, 0.2) is 36.5 Å². The molecule has 0 aromatic carbocycles. The maximum absolute atomic E-state index is 12.8. The molecule has 0 aromatic heterocycles. The first-order valence-electron chi connectivity index (χ1n) is 22.3. The van der Waals surface area contributed by atoms with Crippen LogP contribution in [0.25, 0.3) is 0 Å². The molecule has 58 heavy (non-hydrogen) atoms. The first-order chi connectivity index (χ1) is 27.9. The monoisotopic (exact) mass is 847 g/mol. The zero-order chi connectivity index (χ0) is 42.9. The van der Waals surface area contributed by atoms with Crippen molar-refractivity contribution in [2.24, 2.45) is 0 Å². The third-order valence-electron chi connectivity index (χ3n) is 10.2. The number of allylic oxidation sites excluding steroid dienone is 6. The number of phosphoric ester groups is 1. The van der Waals surface area contributed by atoms with E-state index in [1.165, 1.54) is 64.2 Å². The number of aliphatic hydroxyl groups is 5. The van der Waals surface area contributed by atoms with E-state index in [2.05, 4.69) is 50.3 Å².